The van der Waals surface area contributed by atoms with E-state index >= 15 is 0 Å². The van der Waals surface area contributed by atoms with Gasteiger partial charge in [0.15, 0.2) is 0 Å². The summed E-state index contributed by atoms with van der Waals surface area (Å²) in [4.78, 5) is 0. The molecule has 0 aliphatic rings. The van der Waals surface area contributed by atoms with Crippen LogP contribution in [-0.2, 0) is 4.74 Å². The molecule has 0 bridgehead atoms. The minimum atomic E-state index is 0.265. The largest absolute Gasteiger partial charge is 0.381 e. The Labute approximate surface area is 70.1 Å². The van der Waals surface area contributed by atoms with Crippen LogP contribution in [0.1, 0.15) is 27.7 Å². The SMILES string of the molecule is CCOCC(C)C(N)C(C)C. The van der Waals surface area contributed by atoms with Gasteiger partial charge in [0.2, 0.25) is 0 Å². The number of ether oxygens (including phenoxy) is 1. The Morgan fingerprint density at radius 1 is 1.27 bits per heavy atom. The fourth-order valence-electron chi connectivity index (χ4n) is 1.07. The van der Waals surface area contributed by atoms with E-state index in [4.69, 9.17) is 10.5 Å². The average Bonchev–Trinajstić information content (AvgIpc) is 1.98. The Bertz CT molecular complexity index is 93.6. The Morgan fingerprint density at radius 2 is 1.82 bits per heavy atom. The Kier molecular flexibility index (Phi) is 5.51. The van der Waals surface area contributed by atoms with Crippen molar-refractivity contribution in [3.63, 3.8) is 0 Å². The lowest BCUT2D eigenvalue weighted by Crippen LogP contribution is -2.35. The van der Waals surface area contributed by atoms with Crippen molar-refractivity contribution in [3.8, 4) is 0 Å². The van der Waals surface area contributed by atoms with Gasteiger partial charge in [0.1, 0.15) is 0 Å². The molecule has 0 saturated heterocycles. The highest BCUT2D eigenvalue weighted by Gasteiger charge is 2.15. The lowest BCUT2D eigenvalue weighted by Gasteiger charge is -2.22. The molecule has 2 heteroatoms. The van der Waals surface area contributed by atoms with E-state index in [0.717, 1.165) is 13.2 Å². The second-order valence-electron chi connectivity index (χ2n) is 3.46. The van der Waals surface area contributed by atoms with Crippen LogP contribution < -0.4 is 5.73 Å². The molecule has 0 rings (SSSR count). The van der Waals surface area contributed by atoms with Crippen LogP contribution in [0.15, 0.2) is 0 Å². The number of hydrogen-bond acceptors (Lipinski definition) is 2. The third-order valence-electron chi connectivity index (χ3n) is 2.01. The molecule has 0 amide bonds. The second-order valence-corrected chi connectivity index (χ2v) is 3.46. The quantitative estimate of drug-likeness (QED) is 0.662. The standard InChI is InChI=1S/C9H21NO/c1-5-11-6-8(4)9(10)7(2)3/h7-9H,5-6,10H2,1-4H3. The van der Waals surface area contributed by atoms with Gasteiger partial charge in [-0.1, -0.05) is 20.8 Å². The summed E-state index contributed by atoms with van der Waals surface area (Å²) in [6.45, 7) is 10.0. The van der Waals surface area contributed by atoms with Crippen LogP contribution in [0.2, 0.25) is 0 Å². The summed E-state index contributed by atoms with van der Waals surface area (Å²) in [6.07, 6.45) is 0. The third kappa shape index (κ3) is 4.38. The molecule has 0 aromatic carbocycles. The fraction of sp³-hybridized carbons (Fsp3) is 1.00. The Balaban J connectivity index is 3.55. The van der Waals surface area contributed by atoms with Crippen molar-refractivity contribution in [2.45, 2.75) is 33.7 Å². The fourth-order valence-corrected chi connectivity index (χ4v) is 1.07. The summed E-state index contributed by atoms with van der Waals surface area (Å²) in [7, 11) is 0. The molecule has 2 unspecified atom stereocenters. The van der Waals surface area contributed by atoms with Gasteiger partial charge in [0.25, 0.3) is 0 Å². The predicted octanol–water partition coefficient (Wildman–Crippen LogP) is 1.64. The topological polar surface area (TPSA) is 35.2 Å². The lowest BCUT2D eigenvalue weighted by molar-refractivity contribution is 0.1000. The zero-order valence-electron chi connectivity index (χ0n) is 8.13. The van der Waals surface area contributed by atoms with Gasteiger partial charge in [-0.05, 0) is 18.8 Å². The maximum Gasteiger partial charge on any atom is 0.0506 e. The molecule has 0 aliphatic carbocycles. The van der Waals surface area contributed by atoms with Gasteiger partial charge < -0.3 is 10.5 Å². The van der Waals surface area contributed by atoms with E-state index in [9.17, 15) is 0 Å². The van der Waals surface area contributed by atoms with Crippen LogP contribution in [0.25, 0.3) is 0 Å². The van der Waals surface area contributed by atoms with Crippen LogP contribution in [0, 0.1) is 11.8 Å². The molecule has 0 saturated carbocycles. The molecule has 0 fully saturated rings. The average molecular weight is 159 g/mol. The summed E-state index contributed by atoms with van der Waals surface area (Å²) < 4.78 is 5.29. The summed E-state index contributed by atoms with van der Waals surface area (Å²) in [6, 6.07) is 0.265. The monoisotopic (exact) mass is 159 g/mol. The first-order chi connectivity index (χ1) is 5.09. The maximum absolute atomic E-state index is 5.92. The molecule has 0 aromatic heterocycles. The van der Waals surface area contributed by atoms with E-state index in [0.29, 0.717) is 11.8 Å². The predicted molar refractivity (Wildman–Crippen MR) is 48.5 cm³/mol. The molecule has 0 aromatic rings. The zero-order valence-corrected chi connectivity index (χ0v) is 8.13. The van der Waals surface area contributed by atoms with Crippen molar-refractivity contribution in [1.82, 2.24) is 0 Å². The minimum Gasteiger partial charge on any atom is -0.381 e. The smallest absolute Gasteiger partial charge is 0.0506 e. The number of hydrogen-bond donors (Lipinski definition) is 1. The van der Waals surface area contributed by atoms with Crippen molar-refractivity contribution >= 4 is 0 Å². The van der Waals surface area contributed by atoms with E-state index in [1.807, 2.05) is 6.92 Å². The van der Waals surface area contributed by atoms with E-state index < -0.39 is 0 Å². The van der Waals surface area contributed by atoms with Gasteiger partial charge in [-0.2, -0.15) is 0 Å². The number of nitrogens with two attached hydrogens (primary N) is 1. The van der Waals surface area contributed by atoms with Crippen molar-refractivity contribution in [2.24, 2.45) is 17.6 Å². The molecule has 2 N–H and O–H groups in total. The molecule has 2 atom stereocenters. The molecule has 0 aliphatic heterocycles. The van der Waals surface area contributed by atoms with E-state index in [1.165, 1.54) is 0 Å². The van der Waals surface area contributed by atoms with Crippen LogP contribution in [0.3, 0.4) is 0 Å². The normalized spacial score (nSPS) is 16.9. The highest BCUT2D eigenvalue weighted by molar-refractivity contribution is 4.71. The molecular weight excluding hydrogens is 138 g/mol. The summed E-state index contributed by atoms with van der Waals surface area (Å²) in [5, 5.41) is 0. The minimum absolute atomic E-state index is 0.265. The summed E-state index contributed by atoms with van der Waals surface area (Å²) >= 11 is 0. The summed E-state index contributed by atoms with van der Waals surface area (Å²) in [5.41, 5.74) is 5.92. The van der Waals surface area contributed by atoms with Gasteiger partial charge in [-0.25, -0.2) is 0 Å². The van der Waals surface area contributed by atoms with Crippen molar-refractivity contribution in [3.05, 3.63) is 0 Å². The Morgan fingerprint density at radius 3 is 2.18 bits per heavy atom. The molecule has 0 radical (unpaired) electrons. The van der Waals surface area contributed by atoms with E-state index in [1.54, 1.807) is 0 Å². The van der Waals surface area contributed by atoms with E-state index in [2.05, 4.69) is 20.8 Å². The van der Waals surface area contributed by atoms with Crippen molar-refractivity contribution in [1.29, 1.82) is 0 Å². The van der Waals surface area contributed by atoms with Crippen LogP contribution in [-0.4, -0.2) is 19.3 Å². The third-order valence-corrected chi connectivity index (χ3v) is 2.01. The first kappa shape index (κ1) is 10.9. The Hall–Kier alpha value is -0.0800. The second kappa shape index (κ2) is 5.56. The molecule has 2 nitrogen and oxygen atoms in total. The highest BCUT2D eigenvalue weighted by Crippen LogP contribution is 2.09. The number of rotatable bonds is 5. The molecule has 0 heterocycles. The summed E-state index contributed by atoms with van der Waals surface area (Å²) in [5.74, 6) is 1.01. The van der Waals surface area contributed by atoms with Crippen LogP contribution >= 0.6 is 0 Å². The lowest BCUT2D eigenvalue weighted by atomic mass is 9.93. The van der Waals surface area contributed by atoms with Gasteiger partial charge in [-0.15, -0.1) is 0 Å². The van der Waals surface area contributed by atoms with Gasteiger partial charge >= 0.3 is 0 Å². The van der Waals surface area contributed by atoms with Gasteiger partial charge in [0, 0.05) is 12.6 Å². The van der Waals surface area contributed by atoms with Crippen LogP contribution in [0.4, 0.5) is 0 Å². The van der Waals surface area contributed by atoms with E-state index in [-0.39, 0.29) is 6.04 Å². The highest BCUT2D eigenvalue weighted by atomic mass is 16.5. The van der Waals surface area contributed by atoms with Gasteiger partial charge in [-0.3, -0.25) is 0 Å². The molecule has 0 spiro atoms. The van der Waals surface area contributed by atoms with Crippen LogP contribution in [0.5, 0.6) is 0 Å². The molecular formula is C9H21NO. The van der Waals surface area contributed by atoms with Gasteiger partial charge in [0.05, 0.1) is 6.61 Å². The zero-order chi connectivity index (χ0) is 8.85. The van der Waals surface area contributed by atoms with Crippen molar-refractivity contribution in [2.75, 3.05) is 13.2 Å². The first-order valence-corrected chi connectivity index (χ1v) is 4.42. The first-order valence-electron chi connectivity index (χ1n) is 4.42. The molecule has 11 heavy (non-hydrogen) atoms. The van der Waals surface area contributed by atoms with Crippen molar-refractivity contribution < 1.29 is 4.74 Å². The maximum atomic E-state index is 5.92. The molecule has 68 valence electrons.